The summed E-state index contributed by atoms with van der Waals surface area (Å²) < 4.78 is 0. The minimum Gasteiger partial charge on any atom is -0.345 e. The molecule has 0 saturated carbocycles. The lowest BCUT2D eigenvalue weighted by atomic mass is 9.86. The molecule has 1 aliphatic carbocycles. The third-order valence-electron chi connectivity index (χ3n) is 5.54. The minimum atomic E-state index is -0.0852. The van der Waals surface area contributed by atoms with Gasteiger partial charge in [0.2, 0.25) is 0 Å². The molecule has 1 amide bonds. The van der Waals surface area contributed by atoms with Crippen molar-refractivity contribution in [3.63, 3.8) is 0 Å². The summed E-state index contributed by atoms with van der Waals surface area (Å²) in [6.45, 7) is 12.7. The second-order valence-corrected chi connectivity index (χ2v) is 9.13. The van der Waals surface area contributed by atoms with Crippen molar-refractivity contribution in [2.45, 2.75) is 59.4 Å². The number of carbonyl (C=O) groups is 1. The average Bonchev–Trinajstić information content (AvgIpc) is 2.65. The van der Waals surface area contributed by atoms with Crippen LogP contribution < -0.4 is 15.9 Å². The molecule has 0 aliphatic heterocycles. The minimum absolute atomic E-state index is 0.0748. The molecule has 29 heavy (non-hydrogen) atoms. The summed E-state index contributed by atoms with van der Waals surface area (Å²) in [4.78, 5) is 17.7. The van der Waals surface area contributed by atoms with Crippen molar-refractivity contribution in [1.82, 2.24) is 10.3 Å². The molecule has 3 heteroatoms. The van der Waals surface area contributed by atoms with Gasteiger partial charge in [-0.3, -0.25) is 9.78 Å². The Hall–Kier alpha value is -2.68. The zero-order valence-corrected chi connectivity index (χ0v) is 18.4. The van der Waals surface area contributed by atoms with E-state index in [2.05, 4.69) is 75.5 Å². The van der Waals surface area contributed by atoms with E-state index < -0.39 is 0 Å². The summed E-state index contributed by atoms with van der Waals surface area (Å²) in [5.41, 5.74) is 3.90. The second kappa shape index (κ2) is 8.36. The summed E-state index contributed by atoms with van der Waals surface area (Å²) in [5.74, 6) is 0.410. The number of fused-ring (bicyclic) bond motifs is 1. The summed E-state index contributed by atoms with van der Waals surface area (Å²) in [6.07, 6.45) is 9.40. The van der Waals surface area contributed by atoms with Crippen molar-refractivity contribution in [3.05, 3.63) is 75.4 Å². The van der Waals surface area contributed by atoms with E-state index in [9.17, 15) is 4.79 Å². The van der Waals surface area contributed by atoms with Crippen LogP contribution in [-0.2, 0) is 5.41 Å². The predicted molar refractivity (Wildman–Crippen MR) is 121 cm³/mol. The van der Waals surface area contributed by atoms with Crippen LogP contribution in [0.2, 0.25) is 0 Å². The first-order valence-electron chi connectivity index (χ1n) is 10.4. The summed E-state index contributed by atoms with van der Waals surface area (Å²) in [6, 6.07) is 10.4. The van der Waals surface area contributed by atoms with E-state index in [1.807, 2.05) is 26.0 Å². The van der Waals surface area contributed by atoms with Crippen molar-refractivity contribution >= 4 is 18.1 Å². The van der Waals surface area contributed by atoms with Gasteiger partial charge in [-0.15, -0.1) is 0 Å². The average molecular weight is 389 g/mol. The van der Waals surface area contributed by atoms with E-state index in [0.29, 0.717) is 11.5 Å². The molecular weight excluding hydrogens is 356 g/mol. The quantitative estimate of drug-likeness (QED) is 0.850. The maximum Gasteiger partial charge on any atom is 0.253 e. The number of carbonyl (C=O) groups excluding carboxylic acids is 1. The smallest absolute Gasteiger partial charge is 0.253 e. The maximum absolute atomic E-state index is 13.0. The van der Waals surface area contributed by atoms with Crippen LogP contribution in [0.3, 0.4) is 0 Å². The zero-order valence-electron chi connectivity index (χ0n) is 18.4. The third kappa shape index (κ3) is 5.03. The monoisotopic (exact) mass is 388 g/mol. The number of hydrogen-bond acceptors (Lipinski definition) is 2. The standard InChI is InChI=1S/C26H32N2O/c1-17-8-7-9-21-16-23(19(3)27-24(21)15-10-17)25(29)28-18(2)20-11-13-22(14-12-20)26(4,5)6/h7-9,11-18H,10H2,1-6H3,(H,28,29)/b8-7-,21-9-,24-15-. The summed E-state index contributed by atoms with van der Waals surface area (Å²) in [7, 11) is 0. The number of aryl methyl sites for hydroxylation is 1. The van der Waals surface area contributed by atoms with Crippen LogP contribution in [0.25, 0.3) is 12.2 Å². The van der Waals surface area contributed by atoms with Crippen molar-refractivity contribution in [1.29, 1.82) is 0 Å². The number of nitrogens with zero attached hydrogens (tertiary/aromatic N) is 1. The Balaban J connectivity index is 1.84. The van der Waals surface area contributed by atoms with Crippen LogP contribution >= 0.6 is 0 Å². The van der Waals surface area contributed by atoms with Gasteiger partial charge in [0.1, 0.15) is 0 Å². The van der Waals surface area contributed by atoms with Crippen molar-refractivity contribution in [2.24, 2.45) is 5.92 Å². The number of allylic oxidation sites excluding steroid dienone is 2. The molecule has 3 nitrogen and oxygen atoms in total. The molecular formula is C26H32N2O. The number of rotatable bonds is 3. The fourth-order valence-corrected chi connectivity index (χ4v) is 3.52. The van der Waals surface area contributed by atoms with Crippen LogP contribution in [0.15, 0.2) is 42.5 Å². The molecule has 0 radical (unpaired) electrons. The fourth-order valence-electron chi connectivity index (χ4n) is 3.52. The summed E-state index contributed by atoms with van der Waals surface area (Å²) in [5, 5.41) is 5.08. The first-order valence-corrected chi connectivity index (χ1v) is 10.4. The van der Waals surface area contributed by atoms with Gasteiger partial charge in [-0.25, -0.2) is 0 Å². The number of pyridine rings is 1. The second-order valence-electron chi connectivity index (χ2n) is 9.13. The molecule has 2 atom stereocenters. The van der Waals surface area contributed by atoms with Gasteiger partial charge in [-0.2, -0.15) is 0 Å². The molecule has 0 spiro atoms. The molecule has 0 bridgehead atoms. The Morgan fingerprint density at radius 3 is 2.55 bits per heavy atom. The Morgan fingerprint density at radius 1 is 1.21 bits per heavy atom. The van der Waals surface area contributed by atoms with Gasteiger partial charge in [0, 0.05) is 5.22 Å². The van der Waals surface area contributed by atoms with Gasteiger partial charge in [0.05, 0.1) is 22.6 Å². The van der Waals surface area contributed by atoms with E-state index in [1.54, 1.807) is 0 Å². The number of amides is 1. The molecule has 152 valence electrons. The highest BCUT2D eigenvalue weighted by molar-refractivity contribution is 5.95. The van der Waals surface area contributed by atoms with E-state index in [1.165, 1.54) is 5.56 Å². The van der Waals surface area contributed by atoms with Gasteiger partial charge in [0.15, 0.2) is 0 Å². The van der Waals surface area contributed by atoms with Gasteiger partial charge >= 0.3 is 0 Å². The third-order valence-corrected chi connectivity index (χ3v) is 5.54. The van der Waals surface area contributed by atoms with Gasteiger partial charge in [-0.05, 0) is 48.8 Å². The molecule has 1 heterocycles. The highest BCUT2D eigenvalue weighted by Crippen LogP contribution is 2.24. The van der Waals surface area contributed by atoms with E-state index in [0.717, 1.165) is 28.2 Å². The largest absolute Gasteiger partial charge is 0.345 e. The van der Waals surface area contributed by atoms with Crippen molar-refractivity contribution in [2.75, 3.05) is 0 Å². The molecule has 1 aliphatic rings. The number of nitrogens with one attached hydrogen (secondary N) is 1. The summed E-state index contributed by atoms with van der Waals surface area (Å²) >= 11 is 0. The van der Waals surface area contributed by atoms with Crippen LogP contribution in [0, 0.1) is 12.8 Å². The van der Waals surface area contributed by atoms with Crippen LogP contribution in [0.4, 0.5) is 0 Å². The Labute approximate surface area is 174 Å². The van der Waals surface area contributed by atoms with Crippen molar-refractivity contribution < 1.29 is 4.79 Å². The van der Waals surface area contributed by atoms with Gasteiger partial charge in [-0.1, -0.05) is 76.3 Å². The van der Waals surface area contributed by atoms with E-state index >= 15 is 0 Å². The Kier molecular flexibility index (Phi) is 6.07. The van der Waals surface area contributed by atoms with Crippen molar-refractivity contribution in [3.8, 4) is 0 Å². The van der Waals surface area contributed by atoms with Crippen LogP contribution in [0.5, 0.6) is 0 Å². The fraction of sp³-hybridized carbons (Fsp3) is 0.385. The normalized spacial score (nSPS) is 20.7. The first-order chi connectivity index (χ1) is 13.6. The molecule has 0 fully saturated rings. The number of benzene rings is 1. The molecule has 1 aromatic heterocycles. The SMILES string of the molecule is Cc1nc2/c(cc1C(=O)NC(C)c1ccc(C(C)(C)C)cc1)=C\C=C/C(C)C/C=2. The lowest BCUT2D eigenvalue weighted by Crippen LogP contribution is -2.34. The number of aromatic nitrogens is 1. The Morgan fingerprint density at radius 2 is 1.90 bits per heavy atom. The molecule has 1 N–H and O–H groups in total. The topological polar surface area (TPSA) is 42.0 Å². The Bertz CT molecular complexity index is 1040. The molecule has 1 aromatic carbocycles. The molecule has 3 rings (SSSR count). The maximum atomic E-state index is 13.0. The zero-order chi connectivity index (χ0) is 21.2. The number of hydrogen-bond donors (Lipinski definition) is 1. The lowest BCUT2D eigenvalue weighted by molar-refractivity contribution is 0.0938. The van der Waals surface area contributed by atoms with Gasteiger partial charge in [0.25, 0.3) is 5.91 Å². The molecule has 2 unspecified atom stereocenters. The first kappa shape index (κ1) is 21.0. The highest BCUT2D eigenvalue weighted by atomic mass is 16.1. The predicted octanol–water partition coefficient (Wildman–Crippen LogP) is 4.34. The van der Waals surface area contributed by atoms with E-state index in [-0.39, 0.29) is 17.4 Å². The lowest BCUT2D eigenvalue weighted by Gasteiger charge is -2.21. The van der Waals surface area contributed by atoms with Crippen LogP contribution in [0.1, 0.15) is 74.3 Å². The molecule has 0 saturated heterocycles. The van der Waals surface area contributed by atoms with E-state index in [4.69, 9.17) is 4.98 Å². The highest BCUT2D eigenvalue weighted by Gasteiger charge is 2.17. The van der Waals surface area contributed by atoms with Crippen LogP contribution in [-0.4, -0.2) is 10.9 Å². The van der Waals surface area contributed by atoms with Gasteiger partial charge < -0.3 is 5.32 Å². The molecule has 2 aromatic rings.